The summed E-state index contributed by atoms with van der Waals surface area (Å²) in [5.74, 6) is 1.30. The van der Waals surface area contributed by atoms with Crippen LogP contribution < -0.4 is 0 Å². The molecule has 3 rings (SSSR count). The van der Waals surface area contributed by atoms with E-state index in [1.807, 2.05) is 44.2 Å². The first-order chi connectivity index (χ1) is 12.4. The Kier molecular flexibility index (Phi) is 5.12. The second-order valence-electron chi connectivity index (χ2n) is 7.47. The van der Waals surface area contributed by atoms with Gasteiger partial charge in [0.25, 0.3) is 0 Å². The summed E-state index contributed by atoms with van der Waals surface area (Å²) in [5.41, 5.74) is 2.24. The molecule has 1 saturated heterocycles. The Morgan fingerprint density at radius 2 is 1.88 bits per heavy atom. The minimum absolute atomic E-state index is 0.0550. The molecule has 2 aliphatic rings. The average molecular weight is 356 g/mol. The second-order valence-corrected chi connectivity index (χ2v) is 7.47. The number of ether oxygens (including phenoxy) is 3. The van der Waals surface area contributed by atoms with Crippen molar-refractivity contribution in [2.75, 3.05) is 7.11 Å². The number of esters is 1. The van der Waals surface area contributed by atoms with Crippen molar-refractivity contribution in [3.05, 3.63) is 58.6 Å². The second kappa shape index (κ2) is 7.18. The standard InChI is InChI=1S/C22H28O4/c1-14-11-12-18-19(26-14)15(2)16(3)20(22(18,4)21(23)24-5)25-13-17-9-7-6-8-10-17/h6-10,14,18H,11-13H2,1-5H3. The molecule has 0 spiro atoms. The van der Waals surface area contributed by atoms with E-state index in [-0.39, 0.29) is 18.0 Å². The highest BCUT2D eigenvalue weighted by atomic mass is 16.5. The summed E-state index contributed by atoms with van der Waals surface area (Å²) in [6, 6.07) is 9.99. The molecule has 3 unspecified atom stereocenters. The predicted octanol–water partition coefficient (Wildman–Crippen LogP) is 4.76. The molecule has 0 bridgehead atoms. The number of fused-ring (bicyclic) bond motifs is 1. The maximum Gasteiger partial charge on any atom is 0.319 e. The molecule has 140 valence electrons. The maximum atomic E-state index is 12.9. The highest BCUT2D eigenvalue weighted by Gasteiger charge is 2.54. The van der Waals surface area contributed by atoms with Gasteiger partial charge in [0.15, 0.2) is 0 Å². The van der Waals surface area contributed by atoms with E-state index < -0.39 is 5.41 Å². The van der Waals surface area contributed by atoms with Gasteiger partial charge < -0.3 is 14.2 Å². The first kappa shape index (κ1) is 18.6. The fraction of sp³-hybridized carbons (Fsp3) is 0.500. The first-order valence-corrected chi connectivity index (χ1v) is 9.23. The van der Waals surface area contributed by atoms with E-state index in [1.165, 1.54) is 7.11 Å². The summed E-state index contributed by atoms with van der Waals surface area (Å²) in [6.07, 6.45) is 1.96. The molecule has 4 nitrogen and oxygen atoms in total. The molecule has 26 heavy (non-hydrogen) atoms. The molecule has 1 fully saturated rings. The van der Waals surface area contributed by atoms with Gasteiger partial charge in [0, 0.05) is 5.92 Å². The van der Waals surface area contributed by atoms with E-state index in [4.69, 9.17) is 14.2 Å². The Bertz CT molecular complexity index is 747. The van der Waals surface area contributed by atoms with Crippen LogP contribution in [0.2, 0.25) is 0 Å². The number of benzene rings is 1. The zero-order valence-corrected chi connectivity index (χ0v) is 16.3. The molecule has 1 aliphatic heterocycles. The average Bonchev–Trinajstić information content (AvgIpc) is 2.66. The lowest BCUT2D eigenvalue weighted by Gasteiger charge is -2.45. The van der Waals surface area contributed by atoms with E-state index in [1.54, 1.807) is 0 Å². The number of rotatable bonds is 4. The summed E-state index contributed by atoms with van der Waals surface area (Å²) in [4.78, 5) is 12.9. The predicted molar refractivity (Wildman–Crippen MR) is 100 cm³/mol. The van der Waals surface area contributed by atoms with Crippen molar-refractivity contribution < 1.29 is 19.0 Å². The molecule has 0 N–H and O–H groups in total. The van der Waals surface area contributed by atoms with E-state index in [9.17, 15) is 4.79 Å². The van der Waals surface area contributed by atoms with Crippen LogP contribution in [0.4, 0.5) is 0 Å². The minimum Gasteiger partial charge on any atom is -0.494 e. The van der Waals surface area contributed by atoms with Gasteiger partial charge >= 0.3 is 5.97 Å². The summed E-state index contributed by atoms with van der Waals surface area (Å²) < 4.78 is 17.6. The van der Waals surface area contributed by atoms with Crippen LogP contribution in [0.5, 0.6) is 0 Å². The lowest BCUT2D eigenvalue weighted by atomic mass is 9.65. The van der Waals surface area contributed by atoms with Gasteiger partial charge in [-0.15, -0.1) is 0 Å². The molecule has 1 aliphatic carbocycles. The number of carbonyl (C=O) groups excluding carboxylic acids is 1. The van der Waals surface area contributed by atoms with E-state index >= 15 is 0 Å². The fourth-order valence-corrected chi connectivity index (χ4v) is 4.13. The Morgan fingerprint density at radius 1 is 1.19 bits per heavy atom. The van der Waals surface area contributed by atoms with Gasteiger partial charge in [-0.1, -0.05) is 30.3 Å². The van der Waals surface area contributed by atoms with Gasteiger partial charge in [0.2, 0.25) is 0 Å². The van der Waals surface area contributed by atoms with Crippen LogP contribution in [0.1, 0.15) is 46.1 Å². The van der Waals surface area contributed by atoms with Crippen LogP contribution in [0, 0.1) is 11.3 Å². The third-order valence-corrected chi connectivity index (χ3v) is 5.78. The first-order valence-electron chi connectivity index (χ1n) is 9.23. The maximum absolute atomic E-state index is 12.9. The van der Waals surface area contributed by atoms with E-state index in [0.717, 1.165) is 35.3 Å². The highest BCUT2D eigenvalue weighted by molar-refractivity contribution is 5.82. The van der Waals surface area contributed by atoms with Gasteiger partial charge in [0.1, 0.15) is 23.5 Å². The Morgan fingerprint density at radius 3 is 2.54 bits per heavy atom. The lowest BCUT2D eigenvalue weighted by Crippen LogP contribution is -2.46. The van der Waals surface area contributed by atoms with Gasteiger partial charge in [-0.25, -0.2) is 0 Å². The van der Waals surface area contributed by atoms with Gasteiger partial charge in [-0.05, 0) is 57.2 Å². The van der Waals surface area contributed by atoms with Crippen molar-refractivity contribution in [2.24, 2.45) is 11.3 Å². The van der Waals surface area contributed by atoms with Crippen LogP contribution in [0.15, 0.2) is 53.0 Å². The number of hydrogen-bond acceptors (Lipinski definition) is 4. The smallest absolute Gasteiger partial charge is 0.319 e. The summed E-state index contributed by atoms with van der Waals surface area (Å²) in [7, 11) is 1.44. The van der Waals surface area contributed by atoms with Crippen molar-refractivity contribution in [3.63, 3.8) is 0 Å². The van der Waals surface area contributed by atoms with Gasteiger partial charge in [0.05, 0.1) is 13.2 Å². The van der Waals surface area contributed by atoms with Crippen LogP contribution in [0.3, 0.4) is 0 Å². The van der Waals surface area contributed by atoms with Crippen molar-refractivity contribution in [1.29, 1.82) is 0 Å². The largest absolute Gasteiger partial charge is 0.494 e. The minimum atomic E-state index is -0.872. The molecule has 1 aromatic carbocycles. The molecule has 0 aromatic heterocycles. The van der Waals surface area contributed by atoms with Crippen molar-refractivity contribution in [1.82, 2.24) is 0 Å². The topological polar surface area (TPSA) is 44.8 Å². The molecule has 0 saturated carbocycles. The SMILES string of the molecule is COC(=O)C1(C)C(OCc2ccccc2)=C(C)C(C)=C2OC(C)CCC21. The monoisotopic (exact) mass is 356 g/mol. The van der Waals surface area contributed by atoms with Crippen molar-refractivity contribution in [2.45, 2.75) is 53.2 Å². The van der Waals surface area contributed by atoms with Crippen LogP contribution >= 0.6 is 0 Å². The lowest BCUT2D eigenvalue weighted by molar-refractivity contribution is -0.157. The molecular weight excluding hydrogens is 328 g/mol. The summed E-state index contributed by atoms with van der Waals surface area (Å²) >= 11 is 0. The highest BCUT2D eigenvalue weighted by Crippen LogP contribution is 2.53. The number of methoxy groups -OCH3 is 1. The van der Waals surface area contributed by atoms with Gasteiger partial charge in [-0.3, -0.25) is 4.79 Å². The zero-order chi connectivity index (χ0) is 18.9. The Hall–Kier alpha value is -2.23. The number of carbonyl (C=O) groups is 1. The van der Waals surface area contributed by atoms with Crippen molar-refractivity contribution in [3.8, 4) is 0 Å². The molecule has 0 radical (unpaired) electrons. The van der Waals surface area contributed by atoms with Crippen LogP contribution in [-0.4, -0.2) is 19.2 Å². The zero-order valence-electron chi connectivity index (χ0n) is 16.3. The van der Waals surface area contributed by atoms with E-state index in [0.29, 0.717) is 12.4 Å². The van der Waals surface area contributed by atoms with Gasteiger partial charge in [-0.2, -0.15) is 0 Å². The Balaban J connectivity index is 2.03. The summed E-state index contributed by atoms with van der Waals surface area (Å²) in [6.45, 7) is 8.49. The van der Waals surface area contributed by atoms with Crippen molar-refractivity contribution >= 4 is 5.97 Å². The third-order valence-electron chi connectivity index (χ3n) is 5.78. The number of allylic oxidation sites excluding steroid dienone is 3. The number of hydrogen-bond donors (Lipinski definition) is 0. The summed E-state index contributed by atoms with van der Waals surface area (Å²) in [5, 5.41) is 0. The Labute approximate surface area is 155 Å². The molecule has 4 heteroatoms. The molecule has 1 heterocycles. The fourth-order valence-electron chi connectivity index (χ4n) is 4.13. The normalized spacial score (nSPS) is 28.3. The molecule has 1 aromatic rings. The molecule has 0 amide bonds. The van der Waals surface area contributed by atoms with Crippen LogP contribution in [-0.2, 0) is 25.6 Å². The third kappa shape index (κ3) is 3.02. The molecule has 3 atom stereocenters. The van der Waals surface area contributed by atoms with Crippen LogP contribution in [0.25, 0.3) is 0 Å². The van der Waals surface area contributed by atoms with E-state index in [2.05, 4.69) is 13.8 Å². The molecular formula is C22H28O4. The quantitative estimate of drug-likeness (QED) is 0.730.